The number of amides is 2. The summed E-state index contributed by atoms with van der Waals surface area (Å²) >= 11 is 1.37. The maximum absolute atomic E-state index is 15.1. The summed E-state index contributed by atoms with van der Waals surface area (Å²) in [4.78, 5) is 42.0. The molecule has 5 rings (SSSR count). The summed E-state index contributed by atoms with van der Waals surface area (Å²) in [7, 11) is 1.53. The predicted octanol–water partition coefficient (Wildman–Crippen LogP) is 4.88. The zero-order valence-electron chi connectivity index (χ0n) is 24.3. The molecule has 12 nitrogen and oxygen atoms in total. The minimum Gasteiger partial charge on any atom is -0.484 e. The van der Waals surface area contributed by atoms with Gasteiger partial charge in [0, 0.05) is 24.2 Å². The van der Waals surface area contributed by atoms with Crippen molar-refractivity contribution in [2.45, 2.75) is 33.0 Å². The van der Waals surface area contributed by atoms with Crippen LogP contribution in [-0.4, -0.2) is 69.5 Å². The zero-order chi connectivity index (χ0) is 31.4. The fraction of sp³-hybridized carbons (Fsp3) is 0.267. The molecule has 3 heterocycles. The number of carbonyl (C=O) groups is 2. The summed E-state index contributed by atoms with van der Waals surface area (Å²) in [5.74, 6) is -0.661. The molecule has 0 saturated heterocycles. The van der Waals surface area contributed by atoms with Gasteiger partial charge in [0.1, 0.15) is 22.9 Å². The molecule has 44 heavy (non-hydrogen) atoms. The van der Waals surface area contributed by atoms with E-state index in [1.165, 1.54) is 42.8 Å². The van der Waals surface area contributed by atoms with Crippen LogP contribution in [0.1, 0.15) is 29.9 Å². The summed E-state index contributed by atoms with van der Waals surface area (Å²) in [5, 5.41) is 14.5. The van der Waals surface area contributed by atoms with Crippen molar-refractivity contribution in [3.63, 3.8) is 0 Å². The molecule has 2 atom stereocenters. The molecule has 3 N–H and O–H groups in total. The number of thiazole rings is 1. The van der Waals surface area contributed by atoms with E-state index < -0.39 is 30.0 Å². The van der Waals surface area contributed by atoms with Gasteiger partial charge < -0.3 is 24.6 Å². The van der Waals surface area contributed by atoms with Crippen molar-refractivity contribution >= 4 is 50.3 Å². The molecule has 0 bridgehead atoms. The number of ether oxygens (including phenoxy) is 3. The lowest BCUT2D eigenvalue weighted by Crippen LogP contribution is -2.32. The molecule has 2 aromatic carbocycles. The Bertz CT molecular complexity index is 1830. The largest absolute Gasteiger partial charge is 0.484 e. The Labute approximate surface area is 255 Å². The fourth-order valence-corrected chi connectivity index (χ4v) is 5.21. The lowest BCUT2D eigenvalue weighted by Gasteiger charge is -2.22. The number of carbonyl (C=O) groups excluding carboxylic acids is 2. The highest BCUT2D eigenvalue weighted by atomic mass is 32.1. The maximum atomic E-state index is 15.1. The van der Waals surface area contributed by atoms with Gasteiger partial charge in [-0.3, -0.25) is 10.1 Å². The van der Waals surface area contributed by atoms with E-state index in [0.717, 1.165) is 11.1 Å². The summed E-state index contributed by atoms with van der Waals surface area (Å²) in [6, 6.07) is 9.67. The smallest absolute Gasteiger partial charge is 0.412 e. The molecule has 5 aromatic rings. The Kier molecular flexibility index (Phi) is 9.11. The van der Waals surface area contributed by atoms with Gasteiger partial charge in [-0.15, -0.1) is 11.3 Å². The molecule has 3 aromatic heterocycles. The standard InChI is InChI=1S/C30H29FN6O6S/c1-15-9-19(27-23(10-15)36-26(41-4)14-34-27)29-37-22-11-20(31)24(12-25(22)44-29)42-16(2)17(3)43-30(40)35-18-5-6-21(33-13-18)28(39)32-7-8-38/h5-6,9-14,16-17,38H,7-8H2,1-4H3,(H,32,39)(H,35,40)/t16-,17+/m0/s1. The zero-order valence-corrected chi connectivity index (χ0v) is 25.1. The second-order valence-corrected chi connectivity index (χ2v) is 10.9. The third-order valence-electron chi connectivity index (χ3n) is 6.56. The fourth-order valence-electron chi connectivity index (χ4n) is 4.21. The van der Waals surface area contributed by atoms with Crippen LogP contribution in [-0.2, 0) is 4.74 Å². The number of nitrogens with zero attached hydrogens (tertiary/aromatic N) is 4. The van der Waals surface area contributed by atoms with E-state index in [1.54, 1.807) is 26.1 Å². The normalized spacial score (nSPS) is 12.5. The number of benzene rings is 2. The van der Waals surface area contributed by atoms with Crippen molar-refractivity contribution in [2.24, 2.45) is 0 Å². The second-order valence-electron chi connectivity index (χ2n) is 9.83. The number of aliphatic hydroxyl groups is 1. The van der Waals surface area contributed by atoms with Crippen molar-refractivity contribution < 1.29 is 33.3 Å². The van der Waals surface area contributed by atoms with E-state index in [-0.39, 0.29) is 24.6 Å². The Balaban J connectivity index is 1.26. The monoisotopic (exact) mass is 620 g/mol. The Morgan fingerprint density at radius 2 is 1.86 bits per heavy atom. The first-order valence-electron chi connectivity index (χ1n) is 13.6. The van der Waals surface area contributed by atoms with Gasteiger partial charge in [0.15, 0.2) is 11.6 Å². The second kappa shape index (κ2) is 13.1. The molecular formula is C30H29FN6O6S. The third kappa shape index (κ3) is 6.82. The van der Waals surface area contributed by atoms with Crippen LogP contribution >= 0.6 is 11.3 Å². The van der Waals surface area contributed by atoms with Gasteiger partial charge in [0.05, 0.1) is 53.0 Å². The Morgan fingerprint density at radius 1 is 1.05 bits per heavy atom. The molecule has 2 amide bonds. The van der Waals surface area contributed by atoms with Gasteiger partial charge in [0.25, 0.3) is 5.91 Å². The number of anilines is 1. The van der Waals surface area contributed by atoms with Crippen LogP contribution in [0.25, 0.3) is 31.8 Å². The lowest BCUT2D eigenvalue weighted by molar-refractivity contribution is 0.0402. The van der Waals surface area contributed by atoms with Crippen molar-refractivity contribution in [3.05, 3.63) is 65.9 Å². The number of aromatic nitrogens is 4. The molecule has 0 aliphatic carbocycles. The number of hydrogen-bond acceptors (Lipinski definition) is 11. The number of pyridine rings is 1. The summed E-state index contributed by atoms with van der Waals surface area (Å²) in [5.41, 5.74) is 3.95. The first-order chi connectivity index (χ1) is 21.1. The topological polar surface area (TPSA) is 158 Å². The number of nitrogens with one attached hydrogen (secondary N) is 2. The van der Waals surface area contributed by atoms with Crippen LogP contribution in [0.5, 0.6) is 11.6 Å². The van der Waals surface area contributed by atoms with Crippen molar-refractivity contribution in [1.29, 1.82) is 0 Å². The predicted molar refractivity (Wildman–Crippen MR) is 163 cm³/mol. The van der Waals surface area contributed by atoms with E-state index in [0.29, 0.717) is 37.8 Å². The molecule has 0 radical (unpaired) electrons. The van der Waals surface area contributed by atoms with Crippen LogP contribution in [0.2, 0.25) is 0 Å². The maximum Gasteiger partial charge on any atom is 0.412 e. The Hall–Kier alpha value is -4.95. The molecule has 14 heteroatoms. The first kappa shape index (κ1) is 30.5. The lowest BCUT2D eigenvalue weighted by atomic mass is 10.1. The van der Waals surface area contributed by atoms with Gasteiger partial charge in [-0.1, -0.05) is 0 Å². The number of aryl methyl sites for hydroxylation is 1. The molecule has 0 unspecified atom stereocenters. The van der Waals surface area contributed by atoms with Gasteiger partial charge in [-0.05, 0) is 50.6 Å². The van der Waals surface area contributed by atoms with E-state index in [9.17, 15) is 9.59 Å². The van der Waals surface area contributed by atoms with Gasteiger partial charge in [0.2, 0.25) is 5.88 Å². The SMILES string of the molecule is COc1cnc2c(-c3nc4cc(F)c(O[C@@H](C)[C@@H](C)OC(=O)Nc5ccc(C(=O)NCCO)nc5)cc4s3)cc(C)cc2n1. The summed E-state index contributed by atoms with van der Waals surface area (Å²) < 4.78 is 32.3. The summed E-state index contributed by atoms with van der Waals surface area (Å²) in [6.45, 7) is 5.14. The van der Waals surface area contributed by atoms with Crippen molar-refractivity contribution in [2.75, 3.05) is 25.6 Å². The molecule has 0 aliphatic rings. The van der Waals surface area contributed by atoms with Gasteiger partial charge in [-0.2, -0.15) is 0 Å². The van der Waals surface area contributed by atoms with Crippen molar-refractivity contribution in [3.8, 4) is 22.2 Å². The molecule has 0 fully saturated rings. The first-order valence-corrected chi connectivity index (χ1v) is 14.4. The van der Waals surface area contributed by atoms with Crippen LogP contribution in [0.4, 0.5) is 14.9 Å². The highest BCUT2D eigenvalue weighted by Crippen LogP contribution is 2.37. The van der Waals surface area contributed by atoms with E-state index in [1.807, 2.05) is 19.1 Å². The van der Waals surface area contributed by atoms with Gasteiger partial charge >= 0.3 is 6.09 Å². The molecule has 0 saturated carbocycles. The molecule has 0 aliphatic heterocycles. The van der Waals surface area contributed by atoms with Crippen LogP contribution in [0.3, 0.4) is 0 Å². The third-order valence-corrected chi connectivity index (χ3v) is 7.61. The Morgan fingerprint density at radius 3 is 2.59 bits per heavy atom. The van der Waals surface area contributed by atoms with Crippen LogP contribution in [0.15, 0.2) is 48.8 Å². The number of halogens is 1. The number of fused-ring (bicyclic) bond motifs is 2. The van der Waals surface area contributed by atoms with E-state index in [4.69, 9.17) is 19.3 Å². The highest BCUT2D eigenvalue weighted by Gasteiger charge is 2.22. The quantitative estimate of drug-likeness (QED) is 0.196. The van der Waals surface area contributed by atoms with Crippen molar-refractivity contribution in [1.82, 2.24) is 25.3 Å². The molecule has 0 spiro atoms. The minimum atomic E-state index is -0.777. The number of rotatable bonds is 10. The number of methoxy groups -OCH3 is 1. The van der Waals surface area contributed by atoms with Gasteiger partial charge in [-0.25, -0.2) is 29.1 Å². The summed E-state index contributed by atoms with van der Waals surface area (Å²) in [6.07, 6.45) is 0.604. The van der Waals surface area contributed by atoms with Crippen LogP contribution < -0.4 is 20.1 Å². The van der Waals surface area contributed by atoms with Crippen LogP contribution in [0, 0.1) is 12.7 Å². The molecular weight excluding hydrogens is 591 g/mol. The molecule has 228 valence electrons. The number of aliphatic hydroxyl groups excluding tert-OH is 1. The number of hydrogen-bond donors (Lipinski definition) is 3. The van der Waals surface area contributed by atoms with E-state index in [2.05, 4.69) is 30.6 Å². The minimum absolute atomic E-state index is 0.00560. The van der Waals surface area contributed by atoms with E-state index >= 15 is 4.39 Å². The highest BCUT2D eigenvalue weighted by molar-refractivity contribution is 7.21. The average Bonchev–Trinajstić information content (AvgIpc) is 3.41. The average molecular weight is 621 g/mol.